The number of carboxylic acid groups (broad SMARTS) is 2. The fourth-order valence-corrected chi connectivity index (χ4v) is 3.53. The van der Waals surface area contributed by atoms with Gasteiger partial charge in [-0.05, 0) is 6.42 Å². The normalized spacial score (nSPS) is 12.4. The molecule has 0 radical (unpaired) electrons. The number of aliphatic hydroxyl groups excluding tert-OH is 1. The summed E-state index contributed by atoms with van der Waals surface area (Å²) in [5.41, 5.74) is 0. The molecule has 0 amide bonds. The monoisotopic (exact) mass is 401 g/mol. The molecule has 0 saturated heterocycles. The van der Waals surface area contributed by atoms with Crippen molar-refractivity contribution < 1.29 is 24.9 Å². The summed E-state index contributed by atoms with van der Waals surface area (Å²) in [4.78, 5) is 22.8. The van der Waals surface area contributed by atoms with Crippen molar-refractivity contribution in [1.82, 2.24) is 4.90 Å². The van der Waals surface area contributed by atoms with Crippen molar-refractivity contribution in [3.63, 3.8) is 0 Å². The molecule has 0 aliphatic carbocycles. The molecule has 0 aromatic heterocycles. The first-order valence-electron chi connectivity index (χ1n) is 11.3. The van der Waals surface area contributed by atoms with Gasteiger partial charge in [0, 0.05) is 6.54 Å². The third-order valence-electron chi connectivity index (χ3n) is 5.08. The Labute approximate surface area is 171 Å². The average molecular weight is 402 g/mol. The minimum absolute atomic E-state index is 0.0943. The molecule has 0 aliphatic heterocycles. The van der Waals surface area contributed by atoms with Gasteiger partial charge in [0.15, 0.2) is 0 Å². The molecule has 0 heterocycles. The summed E-state index contributed by atoms with van der Waals surface area (Å²) in [5, 5.41) is 27.6. The number of carboxylic acids is 2. The number of rotatable bonds is 21. The minimum Gasteiger partial charge on any atom is -0.480 e. The molecule has 1 unspecified atom stereocenters. The van der Waals surface area contributed by atoms with E-state index in [1.54, 1.807) is 0 Å². The summed E-state index contributed by atoms with van der Waals surface area (Å²) in [6, 6.07) is 0. The van der Waals surface area contributed by atoms with Crippen LogP contribution in [0.15, 0.2) is 0 Å². The molecular weight excluding hydrogens is 358 g/mol. The van der Waals surface area contributed by atoms with Crippen molar-refractivity contribution in [3.05, 3.63) is 0 Å². The zero-order valence-electron chi connectivity index (χ0n) is 17.9. The second kappa shape index (κ2) is 19.2. The lowest BCUT2D eigenvalue weighted by Crippen LogP contribution is -2.39. The third-order valence-corrected chi connectivity index (χ3v) is 5.08. The van der Waals surface area contributed by atoms with Crippen LogP contribution in [0.25, 0.3) is 0 Å². The summed E-state index contributed by atoms with van der Waals surface area (Å²) in [5.74, 6) is -2.16. The zero-order chi connectivity index (χ0) is 21.0. The van der Waals surface area contributed by atoms with E-state index >= 15 is 0 Å². The summed E-state index contributed by atoms with van der Waals surface area (Å²) in [6.45, 7) is 1.63. The Kier molecular flexibility index (Phi) is 18.4. The Morgan fingerprint density at radius 2 is 1.04 bits per heavy atom. The highest BCUT2D eigenvalue weighted by atomic mass is 16.4. The summed E-state index contributed by atoms with van der Waals surface area (Å²) in [6.07, 6.45) is 17.8. The molecule has 0 aromatic carbocycles. The topological polar surface area (TPSA) is 98.1 Å². The number of hydrogen-bond donors (Lipinski definition) is 3. The van der Waals surface area contributed by atoms with Crippen LogP contribution >= 0.6 is 0 Å². The van der Waals surface area contributed by atoms with Crippen LogP contribution in [0, 0.1) is 0 Å². The van der Waals surface area contributed by atoms with Crippen molar-refractivity contribution in [2.24, 2.45) is 0 Å². The summed E-state index contributed by atoms with van der Waals surface area (Å²) >= 11 is 0. The molecule has 166 valence electrons. The van der Waals surface area contributed by atoms with E-state index in [0.29, 0.717) is 6.42 Å². The van der Waals surface area contributed by atoms with Crippen LogP contribution in [0.3, 0.4) is 0 Å². The van der Waals surface area contributed by atoms with Crippen LogP contribution in [0.1, 0.15) is 103 Å². The van der Waals surface area contributed by atoms with Gasteiger partial charge in [0.2, 0.25) is 0 Å². The highest BCUT2D eigenvalue weighted by molar-refractivity contribution is 5.72. The highest BCUT2D eigenvalue weighted by Crippen LogP contribution is 2.14. The van der Waals surface area contributed by atoms with Crippen LogP contribution < -0.4 is 0 Å². The molecule has 3 N–H and O–H groups in total. The van der Waals surface area contributed by atoms with Gasteiger partial charge in [-0.15, -0.1) is 0 Å². The number of carbonyl (C=O) groups is 2. The van der Waals surface area contributed by atoms with Crippen molar-refractivity contribution in [3.8, 4) is 0 Å². The molecule has 0 fully saturated rings. The van der Waals surface area contributed by atoms with E-state index in [1.165, 1.54) is 75.5 Å². The Morgan fingerprint density at radius 3 is 1.39 bits per heavy atom. The smallest absolute Gasteiger partial charge is 0.317 e. The Balaban J connectivity index is 3.49. The Hall–Kier alpha value is -1.14. The van der Waals surface area contributed by atoms with Crippen molar-refractivity contribution in [1.29, 1.82) is 0 Å². The third kappa shape index (κ3) is 19.6. The van der Waals surface area contributed by atoms with Crippen LogP contribution in [0.5, 0.6) is 0 Å². The highest BCUT2D eigenvalue weighted by Gasteiger charge is 2.17. The zero-order valence-corrected chi connectivity index (χ0v) is 17.9. The number of aliphatic hydroxyl groups is 1. The molecule has 28 heavy (non-hydrogen) atoms. The minimum atomic E-state index is -1.08. The first-order chi connectivity index (χ1) is 13.5. The second-order valence-electron chi connectivity index (χ2n) is 8.00. The van der Waals surface area contributed by atoms with E-state index in [1.807, 2.05) is 0 Å². The average Bonchev–Trinajstić information content (AvgIpc) is 2.60. The number of aliphatic carboxylic acids is 2. The lowest BCUT2D eigenvalue weighted by Gasteiger charge is -2.21. The van der Waals surface area contributed by atoms with Gasteiger partial charge in [-0.2, -0.15) is 0 Å². The number of nitrogens with zero attached hydrogens (tertiary/aromatic N) is 1. The molecule has 0 aromatic rings. The lowest BCUT2D eigenvalue weighted by molar-refractivity contribution is -0.142. The molecular formula is C22H43NO5. The van der Waals surface area contributed by atoms with Crippen molar-refractivity contribution >= 4 is 11.9 Å². The van der Waals surface area contributed by atoms with Gasteiger partial charge in [0.05, 0.1) is 19.2 Å². The van der Waals surface area contributed by atoms with E-state index in [-0.39, 0.29) is 19.6 Å². The Morgan fingerprint density at radius 1 is 0.679 bits per heavy atom. The van der Waals surface area contributed by atoms with Crippen molar-refractivity contribution in [2.75, 3.05) is 19.6 Å². The molecule has 1 atom stereocenters. The van der Waals surface area contributed by atoms with Crippen LogP contribution in [0.4, 0.5) is 0 Å². The lowest BCUT2D eigenvalue weighted by atomic mass is 10.0. The summed E-state index contributed by atoms with van der Waals surface area (Å²) < 4.78 is 0. The molecule has 0 rings (SSSR count). The molecule has 0 saturated carbocycles. The first-order valence-corrected chi connectivity index (χ1v) is 11.3. The molecule has 0 bridgehead atoms. The van der Waals surface area contributed by atoms with Gasteiger partial charge in [0.25, 0.3) is 0 Å². The van der Waals surface area contributed by atoms with Crippen LogP contribution in [-0.2, 0) is 9.59 Å². The Bertz CT molecular complexity index is 373. The molecule has 6 nitrogen and oxygen atoms in total. The van der Waals surface area contributed by atoms with Crippen molar-refractivity contribution in [2.45, 2.75) is 109 Å². The largest absolute Gasteiger partial charge is 0.480 e. The van der Waals surface area contributed by atoms with Gasteiger partial charge < -0.3 is 15.3 Å². The predicted molar refractivity (Wildman–Crippen MR) is 113 cm³/mol. The van der Waals surface area contributed by atoms with E-state index in [4.69, 9.17) is 10.2 Å². The van der Waals surface area contributed by atoms with Gasteiger partial charge in [-0.25, -0.2) is 0 Å². The van der Waals surface area contributed by atoms with E-state index in [0.717, 1.165) is 19.3 Å². The number of hydrogen-bond acceptors (Lipinski definition) is 4. The van der Waals surface area contributed by atoms with Gasteiger partial charge in [-0.1, -0.05) is 96.8 Å². The standard InChI is InChI=1S/C22H43NO5/c1-2-3-4-5-6-7-8-9-10-11-12-13-14-15-16-20(24)17-23(18-21(25)26)19-22(27)28/h20,24H,2-19H2,1H3,(H,25,26)(H,27,28). The van der Waals surface area contributed by atoms with Gasteiger partial charge >= 0.3 is 11.9 Å². The van der Waals surface area contributed by atoms with Crippen LogP contribution in [-0.4, -0.2) is 57.9 Å². The number of unbranched alkanes of at least 4 members (excludes halogenated alkanes) is 13. The fraction of sp³-hybridized carbons (Fsp3) is 0.909. The SMILES string of the molecule is CCCCCCCCCCCCCCCCC(O)CN(CC(=O)O)CC(=O)O. The van der Waals surface area contributed by atoms with E-state index in [2.05, 4.69) is 6.92 Å². The van der Waals surface area contributed by atoms with Crippen LogP contribution in [0.2, 0.25) is 0 Å². The maximum absolute atomic E-state index is 10.8. The fourth-order valence-electron chi connectivity index (χ4n) is 3.53. The van der Waals surface area contributed by atoms with Gasteiger partial charge in [-0.3, -0.25) is 14.5 Å². The second-order valence-corrected chi connectivity index (χ2v) is 8.00. The molecule has 0 aliphatic rings. The first kappa shape index (κ1) is 26.9. The quantitative estimate of drug-likeness (QED) is 0.241. The molecule has 6 heteroatoms. The van der Waals surface area contributed by atoms with E-state index in [9.17, 15) is 14.7 Å². The predicted octanol–water partition coefficient (Wildman–Crippen LogP) is 4.69. The summed E-state index contributed by atoms with van der Waals surface area (Å²) in [7, 11) is 0. The van der Waals surface area contributed by atoms with Gasteiger partial charge in [0.1, 0.15) is 0 Å². The van der Waals surface area contributed by atoms with E-state index < -0.39 is 18.0 Å². The molecule has 0 spiro atoms. The maximum atomic E-state index is 10.8. The maximum Gasteiger partial charge on any atom is 0.317 e.